The van der Waals surface area contributed by atoms with Crippen molar-refractivity contribution >= 4 is 87.5 Å². The molecule has 0 fully saturated rings. The van der Waals surface area contributed by atoms with Crippen LogP contribution < -0.4 is 0 Å². The monoisotopic (exact) mass is 1040 g/mol. The van der Waals surface area contributed by atoms with Gasteiger partial charge in [-0.3, -0.25) is 0 Å². The molecule has 0 bridgehead atoms. The Morgan fingerprint density at radius 2 is 0.571 bits per heavy atom. The maximum Gasteiger partial charge on any atom is 0.0635 e. The first-order valence-electron chi connectivity index (χ1n) is 23.0. The molecule has 2 N–H and O–H groups in total. The molecule has 0 aliphatic heterocycles. The highest BCUT2D eigenvalue weighted by atomic mass is 32.2. The summed E-state index contributed by atoms with van der Waals surface area (Å²) < 4.78 is 52.6. The third-order valence-electron chi connectivity index (χ3n) is 9.57. The van der Waals surface area contributed by atoms with E-state index in [4.69, 9.17) is 42.6 Å². The maximum atomic E-state index is 10.1. The number of thiol groups is 6. The molecule has 0 radical (unpaired) electrons. The molecule has 0 saturated carbocycles. The lowest BCUT2D eigenvalue weighted by Gasteiger charge is -2.32. The zero-order chi connectivity index (χ0) is 46.1. The van der Waals surface area contributed by atoms with Crippen LogP contribution in [0.15, 0.2) is 0 Å². The fourth-order valence-corrected chi connectivity index (χ4v) is 7.05. The summed E-state index contributed by atoms with van der Waals surface area (Å²) in [6.45, 7) is 14.9. The van der Waals surface area contributed by atoms with Crippen molar-refractivity contribution in [2.24, 2.45) is 16.2 Å². The van der Waals surface area contributed by atoms with E-state index in [2.05, 4.69) is 89.6 Å². The van der Waals surface area contributed by atoms with E-state index in [0.29, 0.717) is 99.1 Å². The van der Waals surface area contributed by atoms with Crippen molar-refractivity contribution < 1.29 is 52.8 Å². The van der Waals surface area contributed by atoms with Gasteiger partial charge in [-0.1, -0.05) is 27.7 Å². The number of unbranched alkanes of at least 4 members (excludes halogenated alkanes) is 1. The molecule has 0 spiro atoms. The van der Waals surface area contributed by atoms with Gasteiger partial charge in [0.15, 0.2) is 0 Å². The molecule has 0 aliphatic carbocycles. The Morgan fingerprint density at radius 3 is 0.778 bits per heavy atom. The normalized spacial score (nSPS) is 12.1. The number of thioether (sulfide) groups is 1. The van der Waals surface area contributed by atoms with E-state index < -0.39 is 10.8 Å². The van der Waals surface area contributed by atoms with Crippen LogP contribution in [-0.4, -0.2) is 188 Å². The van der Waals surface area contributed by atoms with Crippen LogP contribution in [0.5, 0.6) is 0 Å². The highest BCUT2D eigenvalue weighted by Gasteiger charge is 2.33. The van der Waals surface area contributed by atoms with Gasteiger partial charge in [-0.2, -0.15) is 87.5 Å². The SMILES string of the molecule is C.CCC(COCCCS)(COCCCS)COCCCSCCCOCC(CO)(COCCCS)COCCCS.CCCCOCC(CO)(COCCCS)COCCCS. The third kappa shape index (κ3) is 42.6. The summed E-state index contributed by atoms with van der Waals surface area (Å²) in [5.41, 5.74) is -1.13. The smallest absolute Gasteiger partial charge is 0.0635 e. The van der Waals surface area contributed by atoms with Crippen LogP contribution in [0.4, 0.5) is 0 Å². The molecule has 0 aliphatic rings. The highest BCUT2D eigenvalue weighted by molar-refractivity contribution is 7.99. The fraction of sp³-hybridized carbons (Fsp3) is 1.00. The van der Waals surface area contributed by atoms with Gasteiger partial charge < -0.3 is 52.8 Å². The average molecular weight is 1040 g/mol. The third-order valence-corrected chi connectivity index (χ3v) is 12.6. The van der Waals surface area contributed by atoms with Gasteiger partial charge in [-0.25, -0.2) is 0 Å². The number of ether oxygens (including phenoxy) is 9. The molecule has 11 nitrogen and oxygen atoms in total. The summed E-state index contributed by atoms with van der Waals surface area (Å²) in [4.78, 5) is 0. The van der Waals surface area contributed by atoms with Crippen molar-refractivity contribution in [3.63, 3.8) is 0 Å². The largest absolute Gasteiger partial charge is 0.396 e. The number of aliphatic hydroxyl groups excluding tert-OH is 2. The molecular weight excluding hydrogens is 941 g/mol. The minimum atomic E-state index is -0.541. The molecule has 0 amide bonds. The standard InChI is InChI=1S/C29H60O7S5.C15H32O4S2.CH4/c1-2-28(22-31-9-3-15-37,23-32-10-4-16-38)24-35-13-7-19-41-20-8-14-36-27-29(21-30,25-33-11-5-17-39)26-34-12-6-18-40;1-2-3-6-17-12-15(11-16,13-18-7-4-9-20)14-19-8-5-10-21;/h30,37-40H,2-27H2,1H3;16,20-21H,2-14H2,1H3;1H4. The predicted octanol–water partition coefficient (Wildman–Crippen LogP) is 8.35. The molecule has 0 aromatic rings. The van der Waals surface area contributed by atoms with Crippen molar-refractivity contribution in [3.8, 4) is 0 Å². The van der Waals surface area contributed by atoms with Gasteiger partial charge in [-0.15, -0.1) is 0 Å². The first kappa shape index (κ1) is 69.3. The Labute approximate surface area is 423 Å². The first-order valence-corrected chi connectivity index (χ1v) is 27.9. The molecule has 0 aromatic heterocycles. The molecule has 0 aromatic carbocycles. The quantitative estimate of drug-likeness (QED) is 0.0221. The second-order valence-corrected chi connectivity index (χ2v) is 19.7. The molecule has 63 heavy (non-hydrogen) atoms. The average Bonchev–Trinajstić information content (AvgIpc) is 3.29. The van der Waals surface area contributed by atoms with E-state index >= 15 is 0 Å². The molecule has 0 rings (SSSR count). The van der Waals surface area contributed by atoms with Crippen molar-refractivity contribution in [1.29, 1.82) is 0 Å². The van der Waals surface area contributed by atoms with Crippen LogP contribution in [0.25, 0.3) is 0 Å². The number of aliphatic hydroxyl groups is 2. The fourth-order valence-electron chi connectivity index (χ4n) is 5.43. The van der Waals surface area contributed by atoms with Gasteiger partial charge >= 0.3 is 0 Å². The van der Waals surface area contributed by atoms with Crippen molar-refractivity contribution in [2.75, 3.05) is 178 Å². The number of hydrogen-bond acceptors (Lipinski definition) is 18. The van der Waals surface area contributed by atoms with Crippen molar-refractivity contribution in [1.82, 2.24) is 0 Å². The number of hydrogen-bond donors (Lipinski definition) is 8. The maximum absolute atomic E-state index is 10.1. The number of rotatable bonds is 50. The van der Waals surface area contributed by atoms with E-state index in [9.17, 15) is 10.2 Å². The Balaban J connectivity index is -0.00000138. The van der Waals surface area contributed by atoms with Gasteiger partial charge in [0.1, 0.15) is 0 Å². The van der Waals surface area contributed by atoms with E-state index in [1.165, 1.54) is 0 Å². The van der Waals surface area contributed by atoms with Crippen LogP contribution >= 0.6 is 87.5 Å². The summed E-state index contributed by atoms with van der Waals surface area (Å²) in [5.74, 6) is 6.91. The Kier molecular flexibility index (Phi) is 58.7. The molecule has 384 valence electrons. The molecule has 0 heterocycles. The van der Waals surface area contributed by atoms with Gasteiger partial charge in [0.05, 0.1) is 83.5 Å². The second kappa shape index (κ2) is 53.4. The summed E-state index contributed by atoms with van der Waals surface area (Å²) >= 11 is 27.2. The summed E-state index contributed by atoms with van der Waals surface area (Å²) in [7, 11) is 0. The molecule has 0 unspecified atom stereocenters. The second-order valence-electron chi connectivity index (χ2n) is 15.8. The summed E-state index contributed by atoms with van der Waals surface area (Å²) in [6.07, 6.45) is 10.5. The Morgan fingerprint density at radius 1 is 0.349 bits per heavy atom. The molecule has 0 atom stereocenters. The van der Waals surface area contributed by atoms with Gasteiger partial charge in [0, 0.05) is 64.9 Å². The Bertz CT molecular complexity index is 779. The minimum absolute atomic E-state index is 0. The summed E-state index contributed by atoms with van der Waals surface area (Å²) in [6, 6.07) is 0. The van der Waals surface area contributed by atoms with E-state index in [1.807, 2.05) is 11.8 Å². The topological polar surface area (TPSA) is 124 Å². The highest BCUT2D eigenvalue weighted by Crippen LogP contribution is 2.25. The van der Waals surface area contributed by atoms with Crippen molar-refractivity contribution in [2.45, 2.75) is 91.9 Å². The van der Waals surface area contributed by atoms with Crippen LogP contribution in [0, 0.1) is 16.2 Å². The predicted molar refractivity (Wildman–Crippen MR) is 288 cm³/mol. The van der Waals surface area contributed by atoms with Crippen LogP contribution in [0.1, 0.15) is 91.9 Å². The van der Waals surface area contributed by atoms with E-state index in [-0.39, 0.29) is 26.1 Å². The first-order chi connectivity index (χ1) is 30.3. The molecule has 18 heteroatoms. The van der Waals surface area contributed by atoms with Crippen LogP contribution in [-0.2, 0) is 42.6 Å². The lowest BCUT2D eigenvalue weighted by atomic mass is 9.88. The molecule has 0 saturated heterocycles. The van der Waals surface area contributed by atoms with Gasteiger partial charge in [-0.05, 0) is 110 Å². The van der Waals surface area contributed by atoms with E-state index in [0.717, 1.165) is 136 Å². The van der Waals surface area contributed by atoms with Gasteiger partial charge in [0.25, 0.3) is 0 Å². The summed E-state index contributed by atoms with van der Waals surface area (Å²) in [5, 5.41) is 19.9. The van der Waals surface area contributed by atoms with Crippen molar-refractivity contribution in [3.05, 3.63) is 0 Å². The molecular formula is C45H96O11S7. The van der Waals surface area contributed by atoms with Crippen LogP contribution in [0.3, 0.4) is 0 Å². The lowest BCUT2D eigenvalue weighted by molar-refractivity contribution is -0.0927. The Hall–Kier alpha value is 2.01. The van der Waals surface area contributed by atoms with E-state index in [1.54, 1.807) is 0 Å². The minimum Gasteiger partial charge on any atom is -0.396 e. The van der Waals surface area contributed by atoms with Gasteiger partial charge in [0.2, 0.25) is 0 Å². The zero-order valence-corrected chi connectivity index (χ0v) is 44.9. The lowest BCUT2D eigenvalue weighted by Crippen LogP contribution is -2.41. The zero-order valence-electron chi connectivity index (χ0n) is 38.7. The van der Waals surface area contributed by atoms with Crippen LogP contribution in [0.2, 0.25) is 0 Å².